The second kappa shape index (κ2) is 8.28. The smallest absolute Gasteiger partial charge is 0.233 e. The molecule has 0 radical (unpaired) electrons. The first-order valence-electron chi connectivity index (χ1n) is 2.74. The van der Waals surface area contributed by atoms with Crippen molar-refractivity contribution >= 4 is 5.91 Å². The maximum Gasteiger partial charge on any atom is 0.233 e. The van der Waals surface area contributed by atoms with E-state index in [0.29, 0.717) is 19.3 Å². The number of unbranched alkanes of at least 4 members (excludes halogenated alkanes) is 1. The molecule has 0 heterocycles. The van der Waals surface area contributed by atoms with Crippen molar-refractivity contribution in [2.45, 2.75) is 19.3 Å². The molecule has 0 bridgehead atoms. The Kier molecular flexibility index (Phi) is 9.94. The molecular weight excluding hydrogens is 152 g/mol. The van der Waals surface area contributed by atoms with Crippen LogP contribution in [0.25, 0.3) is 0 Å². The topological polar surface area (TPSA) is 55.1 Å². The van der Waals surface area contributed by atoms with Gasteiger partial charge in [0, 0.05) is 12.8 Å². The lowest BCUT2D eigenvalue weighted by atomic mass is 10.2. The van der Waals surface area contributed by atoms with Crippen LogP contribution < -0.4 is 23.7 Å². The van der Waals surface area contributed by atoms with Gasteiger partial charge in [-0.15, -0.1) is 12.3 Å². The molecule has 0 unspecified atom stereocenters. The summed E-state index contributed by atoms with van der Waals surface area (Å²) in [7, 11) is 0. The highest BCUT2D eigenvalue weighted by molar-refractivity contribution is 5.75. The van der Waals surface area contributed by atoms with Crippen molar-refractivity contribution in [3.8, 4) is 12.3 Å². The fourth-order valence-electron chi connectivity index (χ4n) is 0.423. The lowest BCUT2D eigenvalue weighted by Crippen LogP contribution is -3.00. The molecule has 4 heteroatoms. The number of terminal acetylenes is 1. The zero-order chi connectivity index (χ0) is 7.11. The van der Waals surface area contributed by atoms with Crippen molar-refractivity contribution < 1.29 is 17.2 Å². The lowest BCUT2D eigenvalue weighted by molar-refractivity contribution is -0.121. The third-order valence-electron chi connectivity index (χ3n) is 0.886. The summed E-state index contributed by atoms with van der Waals surface area (Å²) < 4.78 is 0. The first-order valence-corrected chi connectivity index (χ1v) is 2.74. The quantitative estimate of drug-likeness (QED) is 0.151. The van der Waals surface area contributed by atoms with Crippen LogP contribution >= 0.6 is 0 Å². The van der Waals surface area contributed by atoms with Crippen LogP contribution in [-0.4, -0.2) is 5.91 Å². The minimum Gasteiger partial charge on any atom is -1.00 e. The van der Waals surface area contributed by atoms with Gasteiger partial charge in [0.05, 0.1) is 0 Å². The summed E-state index contributed by atoms with van der Waals surface area (Å²) in [6.45, 7) is 0. The summed E-state index contributed by atoms with van der Waals surface area (Å²) >= 11 is 0. The van der Waals surface area contributed by atoms with Gasteiger partial charge in [-0.25, -0.2) is 5.84 Å². The molecule has 0 atom stereocenters. The van der Waals surface area contributed by atoms with Crippen molar-refractivity contribution in [3.63, 3.8) is 0 Å². The van der Waals surface area contributed by atoms with Gasteiger partial charge in [0.15, 0.2) is 0 Å². The predicted octanol–water partition coefficient (Wildman–Crippen LogP) is -3.22. The second-order valence-electron chi connectivity index (χ2n) is 1.63. The fourth-order valence-corrected chi connectivity index (χ4v) is 0.423. The molecular formula is C6H10ClN2O-. The number of halogens is 1. The van der Waals surface area contributed by atoms with E-state index in [4.69, 9.17) is 12.3 Å². The number of hydrogen-bond donors (Lipinski definition) is 2. The molecule has 0 saturated heterocycles. The van der Waals surface area contributed by atoms with Crippen LogP contribution in [0.3, 0.4) is 0 Å². The zero-order valence-corrected chi connectivity index (χ0v) is 6.32. The van der Waals surface area contributed by atoms with Gasteiger partial charge in [0.25, 0.3) is 0 Å². The first kappa shape index (κ1) is 12.0. The Morgan fingerprint density at radius 2 is 2.30 bits per heavy atom. The standard InChI is InChI=1S/C6H10N2O.ClH/c1-2-3-4-5-6(9)8-7;/h1H,3-5,7H2,(H,8,9);1H/p-1. The highest BCUT2D eigenvalue weighted by Gasteiger charge is 1.94. The Hall–Kier alpha value is -0.720. The van der Waals surface area contributed by atoms with E-state index in [1.165, 1.54) is 0 Å². The van der Waals surface area contributed by atoms with Gasteiger partial charge in [-0.3, -0.25) is 10.2 Å². The van der Waals surface area contributed by atoms with Crippen molar-refractivity contribution in [2.24, 2.45) is 5.84 Å². The highest BCUT2D eigenvalue weighted by atomic mass is 35.5. The van der Waals surface area contributed by atoms with Crippen LogP contribution in [0.5, 0.6) is 0 Å². The first-order chi connectivity index (χ1) is 4.31. The molecule has 0 aromatic rings. The van der Waals surface area contributed by atoms with Gasteiger partial charge >= 0.3 is 0 Å². The van der Waals surface area contributed by atoms with Gasteiger partial charge in [0.1, 0.15) is 0 Å². The monoisotopic (exact) mass is 161 g/mol. The van der Waals surface area contributed by atoms with E-state index in [1.807, 2.05) is 5.43 Å². The summed E-state index contributed by atoms with van der Waals surface area (Å²) in [5.74, 6) is 7.07. The molecule has 0 rings (SSSR count). The summed E-state index contributed by atoms with van der Waals surface area (Å²) in [6, 6.07) is 0. The fraction of sp³-hybridized carbons (Fsp3) is 0.500. The van der Waals surface area contributed by atoms with Crippen molar-refractivity contribution in [1.29, 1.82) is 0 Å². The van der Waals surface area contributed by atoms with E-state index in [9.17, 15) is 4.79 Å². The van der Waals surface area contributed by atoms with Crippen LogP contribution in [-0.2, 0) is 4.79 Å². The Labute approximate surface area is 66.7 Å². The van der Waals surface area contributed by atoms with Crippen molar-refractivity contribution in [1.82, 2.24) is 5.43 Å². The molecule has 0 spiro atoms. The maximum absolute atomic E-state index is 10.4. The SMILES string of the molecule is C#CCCCC(=O)NN.[Cl-]. The lowest BCUT2D eigenvalue weighted by Gasteiger charge is -1.93. The van der Waals surface area contributed by atoms with E-state index in [2.05, 4.69) is 5.92 Å². The van der Waals surface area contributed by atoms with Crippen LogP contribution in [0.4, 0.5) is 0 Å². The van der Waals surface area contributed by atoms with Crippen LogP contribution in [0.1, 0.15) is 19.3 Å². The summed E-state index contributed by atoms with van der Waals surface area (Å²) in [4.78, 5) is 10.4. The predicted molar refractivity (Wildman–Crippen MR) is 35.0 cm³/mol. The van der Waals surface area contributed by atoms with E-state index in [0.717, 1.165) is 0 Å². The molecule has 0 aliphatic carbocycles. The van der Waals surface area contributed by atoms with Gasteiger partial charge in [-0.1, -0.05) is 0 Å². The molecule has 0 aliphatic rings. The second-order valence-corrected chi connectivity index (χ2v) is 1.63. The number of rotatable bonds is 3. The average molecular weight is 162 g/mol. The van der Waals surface area contributed by atoms with Crippen LogP contribution in [0.2, 0.25) is 0 Å². The Morgan fingerprint density at radius 1 is 1.70 bits per heavy atom. The summed E-state index contributed by atoms with van der Waals surface area (Å²) in [6.07, 6.45) is 6.70. The van der Waals surface area contributed by atoms with Crippen molar-refractivity contribution in [3.05, 3.63) is 0 Å². The van der Waals surface area contributed by atoms with Crippen molar-refractivity contribution in [2.75, 3.05) is 0 Å². The highest BCUT2D eigenvalue weighted by Crippen LogP contribution is 1.91. The van der Waals surface area contributed by atoms with Crippen LogP contribution in [0, 0.1) is 12.3 Å². The van der Waals surface area contributed by atoms with E-state index in [-0.39, 0.29) is 18.3 Å². The molecule has 0 aliphatic heterocycles. The largest absolute Gasteiger partial charge is 1.00 e. The number of carbonyl (C=O) groups is 1. The third-order valence-corrected chi connectivity index (χ3v) is 0.886. The van der Waals surface area contributed by atoms with Gasteiger partial charge in [-0.2, -0.15) is 0 Å². The number of hydrazine groups is 1. The van der Waals surface area contributed by atoms with E-state index in [1.54, 1.807) is 0 Å². The maximum atomic E-state index is 10.4. The molecule has 3 N–H and O–H groups in total. The molecule has 10 heavy (non-hydrogen) atoms. The average Bonchev–Trinajstić information content (AvgIpc) is 1.89. The van der Waals surface area contributed by atoms with Gasteiger partial charge in [0.2, 0.25) is 5.91 Å². The molecule has 3 nitrogen and oxygen atoms in total. The van der Waals surface area contributed by atoms with Gasteiger partial charge < -0.3 is 12.4 Å². The van der Waals surface area contributed by atoms with E-state index < -0.39 is 0 Å². The Bertz CT molecular complexity index is 130. The molecule has 1 amide bonds. The molecule has 0 fully saturated rings. The Morgan fingerprint density at radius 3 is 2.70 bits per heavy atom. The van der Waals surface area contributed by atoms with Gasteiger partial charge in [-0.05, 0) is 6.42 Å². The number of nitrogens with two attached hydrogens (primary N) is 1. The van der Waals surface area contributed by atoms with E-state index >= 15 is 0 Å². The summed E-state index contributed by atoms with van der Waals surface area (Å²) in [5.41, 5.74) is 2.02. The zero-order valence-electron chi connectivity index (χ0n) is 5.56. The molecule has 58 valence electrons. The summed E-state index contributed by atoms with van der Waals surface area (Å²) in [5, 5.41) is 0. The number of hydrogen-bond acceptors (Lipinski definition) is 2. The minimum atomic E-state index is -0.162. The third kappa shape index (κ3) is 7.28. The molecule has 0 aromatic heterocycles. The minimum absolute atomic E-state index is 0. The van der Waals surface area contributed by atoms with Crippen LogP contribution in [0.15, 0.2) is 0 Å². The number of nitrogens with one attached hydrogen (secondary N) is 1. The Balaban J connectivity index is 0. The number of carbonyl (C=O) groups excluding carboxylic acids is 1. The normalized spacial score (nSPS) is 7.20. The molecule has 0 saturated carbocycles. The molecule has 0 aromatic carbocycles. The number of amides is 1.